The Morgan fingerprint density at radius 3 is 1.91 bits per heavy atom. The van der Waals surface area contributed by atoms with Gasteiger partial charge in [0.1, 0.15) is 17.5 Å². The Kier molecular flexibility index (Phi) is 11.9. The first-order valence-corrected chi connectivity index (χ1v) is 21.9. The maximum atomic E-state index is 14.6. The van der Waals surface area contributed by atoms with Crippen LogP contribution in [0.5, 0.6) is 11.5 Å². The van der Waals surface area contributed by atoms with Crippen LogP contribution in [0.3, 0.4) is 0 Å². The zero-order chi connectivity index (χ0) is 44.2. The number of hydrogen-bond acceptors (Lipinski definition) is 4. The molecular weight excluding hydrogens is 990 g/mol. The number of para-hydroxylation sites is 3. The van der Waals surface area contributed by atoms with Crippen LogP contribution >= 0.6 is 0 Å². The van der Waals surface area contributed by atoms with Crippen LogP contribution in [0.2, 0.25) is 0 Å². The average molecular weight is 1040 g/mol. The fourth-order valence-electron chi connectivity index (χ4n) is 8.94. The molecule has 0 radical (unpaired) electrons. The van der Waals surface area contributed by atoms with Crippen LogP contribution in [-0.2, 0) is 21.1 Å². The Labute approximate surface area is 394 Å². The van der Waals surface area contributed by atoms with Crippen LogP contribution in [0.15, 0.2) is 152 Å². The molecule has 0 fully saturated rings. The summed E-state index contributed by atoms with van der Waals surface area (Å²) >= 11 is 0. The van der Waals surface area contributed by atoms with Crippen LogP contribution in [0.1, 0.15) is 76.0 Å². The van der Waals surface area contributed by atoms with Gasteiger partial charge in [-0.25, -0.2) is 13.8 Å². The van der Waals surface area contributed by atoms with E-state index in [1.165, 1.54) is 17.7 Å². The van der Waals surface area contributed by atoms with E-state index in [2.05, 4.69) is 172 Å². The molecule has 9 aromatic rings. The molecule has 0 bridgehead atoms. The normalized spacial score (nSPS) is 12.5. The number of halogens is 2. The Hall–Kier alpha value is -6.56. The predicted octanol–water partition coefficient (Wildman–Crippen LogP) is 16.0. The van der Waals surface area contributed by atoms with E-state index in [0.717, 1.165) is 84.3 Å². The van der Waals surface area contributed by atoms with Crippen molar-refractivity contribution >= 4 is 44.6 Å². The molecule has 0 atom stereocenters. The van der Waals surface area contributed by atoms with Crippen LogP contribution in [0, 0.1) is 30.4 Å². The third-order valence-corrected chi connectivity index (χ3v) is 12.1. The van der Waals surface area contributed by atoms with E-state index in [-0.39, 0.29) is 32.9 Å². The molecule has 5 nitrogen and oxygen atoms in total. The van der Waals surface area contributed by atoms with Gasteiger partial charge in [-0.1, -0.05) is 108 Å². The summed E-state index contributed by atoms with van der Waals surface area (Å²) in [4.78, 5) is 9.14. The van der Waals surface area contributed by atoms with Crippen LogP contribution < -0.4 is 14.5 Å². The number of hydrogen-bond donors (Lipinski definition) is 0. The van der Waals surface area contributed by atoms with Crippen molar-refractivity contribution in [1.82, 2.24) is 9.55 Å². The molecule has 0 N–H and O–H groups in total. The zero-order valence-electron chi connectivity index (χ0n) is 37.0. The van der Waals surface area contributed by atoms with Gasteiger partial charge in [0.25, 0.3) is 0 Å². The van der Waals surface area contributed by atoms with Crippen molar-refractivity contribution in [1.29, 1.82) is 0 Å². The molecule has 7 aromatic carbocycles. The molecule has 8 heteroatoms. The monoisotopic (exact) mass is 1040 g/mol. The van der Waals surface area contributed by atoms with Crippen LogP contribution in [0.25, 0.3) is 49.9 Å². The zero-order valence-corrected chi connectivity index (χ0v) is 39.3. The fraction of sp³-hybridized carbons (Fsp3) is 0.158. The van der Waals surface area contributed by atoms with E-state index in [1.807, 2.05) is 30.3 Å². The number of aromatic nitrogens is 2. The molecule has 0 spiro atoms. The van der Waals surface area contributed by atoms with Gasteiger partial charge in [-0.2, -0.15) is 6.07 Å². The van der Waals surface area contributed by atoms with Gasteiger partial charge in [0, 0.05) is 67.4 Å². The molecule has 2 aromatic heterocycles. The molecule has 0 aliphatic carbocycles. The van der Waals surface area contributed by atoms with Crippen LogP contribution in [0.4, 0.5) is 31.5 Å². The largest absolute Gasteiger partial charge is 0.509 e. The summed E-state index contributed by atoms with van der Waals surface area (Å²) in [5.41, 5.74) is 12.4. The molecule has 328 valence electrons. The third-order valence-electron chi connectivity index (χ3n) is 12.1. The summed E-state index contributed by atoms with van der Waals surface area (Å²) in [5.74, 6) is 1.23. The summed E-state index contributed by atoms with van der Waals surface area (Å²) in [5, 5.41) is 2.16. The average Bonchev–Trinajstić information content (AvgIpc) is 3.84. The second-order valence-corrected chi connectivity index (χ2v) is 17.4. The van der Waals surface area contributed by atoms with E-state index in [0.29, 0.717) is 23.0 Å². The number of anilines is 4. The number of ether oxygens (including phenoxy) is 1. The second kappa shape index (κ2) is 17.8. The molecule has 0 saturated carbocycles. The number of pyridine rings is 1. The summed E-state index contributed by atoms with van der Waals surface area (Å²) < 4.78 is 38.1. The molecule has 0 amide bonds. The number of fused-ring (bicyclic) bond motifs is 4. The SMILES string of the molecule is CC(C)c1cccc(-c2cc(Oc3[c-]c4c(cc3)c3ccccc3n4-c3ccccn3)[c-]c(N3[CH-]N(c4c(C(C)C)cc(-c5cc(F)cc(F)c5)cc4C(C)C)c4ccccc43)c2)c1.[Pt]. The Morgan fingerprint density at radius 1 is 0.554 bits per heavy atom. The molecule has 0 saturated heterocycles. The van der Waals surface area contributed by atoms with E-state index < -0.39 is 11.6 Å². The Balaban J connectivity index is 0.00000533. The summed E-state index contributed by atoms with van der Waals surface area (Å²) in [6.45, 7) is 15.2. The molecule has 1 aliphatic heterocycles. The smallest absolute Gasteiger partial charge is 0.135 e. The number of rotatable bonds is 10. The third kappa shape index (κ3) is 8.23. The molecule has 65 heavy (non-hydrogen) atoms. The minimum atomic E-state index is -0.599. The van der Waals surface area contributed by atoms with Crippen molar-refractivity contribution in [2.24, 2.45) is 0 Å². The van der Waals surface area contributed by atoms with Crippen LogP contribution in [-0.4, -0.2) is 9.55 Å². The van der Waals surface area contributed by atoms with Gasteiger partial charge in [0.15, 0.2) is 0 Å². The molecular formula is C57H47F2N4OPt-3. The summed E-state index contributed by atoms with van der Waals surface area (Å²) in [7, 11) is 0. The van der Waals surface area contributed by atoms with E-state index in [9.17, 15) is 8.78 Å². The standard InChI is InChI=1S/C57H47F2N4O.Pt/c1-35(2)38-14-13-15-39(24-38)41-27-45(32-47(28-41)64-46-21-22-49-48-16-7-8-17-52(48)63(55(49)33-46)56-20-11-12-23-60-56)61-34-62(54-19-10-9-18-53(54)61)57-50(36(3)4)29-42(30-51(57)37(5)6)40-25-43(58)31-44(59)26-40;/h7-31,34-37H,1-6H3;/q-3;. The summed E-state index contributed by atoms with van der Waals surface area (Å²) in [6, 6.07) is 54.7. The second-order valence-electron chi connectivity index (χ2n) is 17.4. The van der Waals surface area contributed by atoms with Crippen molar-refractivity contribution in [3.63, 3.8) is 0 Å². The Morgan fingerprint density at radius 2 is 1.22 bits per heavy atom. The van der Waals surface area contributed by atoms with Gasteiger partial charge >= 0.3 is 0 Å². The minimum Gasteiger partial charge on any atom is -0.509 e. The van der Waals surface area contributed by atoms with Crippen molar-refractivity contribution in [2.45, 2.75) is 59.3 Å². The summed E-state index contributed by atoms with van der Waals surface area (Å²) in [6.07, 6.45) is 1.80. The minimum absolute atomic E-state index is 0. The van der Waals surface area contributed by atoms with Gasteiger partial charge in [-0.3, -0.25) is 0 Å². The van der Waals surface area contributed by atoms with Crippen molar-refractivity contribution in [3.05, 3.63) is 199 Å². The van der Waals surface area contributed by atoms with E-state index >= 15 is 0 Å². The van der Waals surface area contributed by atoms with Crippen molar-refractivity contribution < 1.29 is 34.6 Å². The molecule has 10 rings (SSSR count). The van der Waals surface area contributed by atoms with Crippen molar-refractivity contribution in [3.8, 4) is 39.6 Å². The number of benzene rings is 7. The van der Waals surface area contributed by atoms with Gasteiger partial charge < -0.3 is 19.1 Å². The molecule has 3 heterocycles. The maximum absolute atomic E-state index is 14.6. The van der Waals surface area contributed by atoms with E-state index in [4.69, 9.17) is 9.72 Å². The van der Waals surface area contributed by atoms with Crippen molar-refractivity contribution in [2.75, 3.05) is 9.80 Å². The van der Waals surface area contributed by atoms with E-state index in [1.54, 1.807) is 6.20 Å². The molecule has 0 unspecified atom stereocenters. The Bertz CT molecular complexity index is 3170. The van der Waals surface area contributed by atoms with Gasteiger partial charge in [-0.05, 0) is 111 Å². The molecule has 1 aliphatic rings. The quantitative estimate of drug-likeness (QED) is 0.128. The topological polar surface area (TPSA) is 33.5 Å². The maximum Gasteiger partial charge on any atom is 0.135 e. The van der Waals surface area contributed by atoms with Gasteiger partial charge in [-0.15, -0.1) is 53.6 Å². The van der Waals surface area contributed by atoms with Gasteiger partial charge in [0.05, 0.1) is 0 Å². The predicted molar refractivity (Wildman–Crippen MR) is 257 cm³/mol. The fourth-order valence-corrected chi connectivity index (χ4v) is 8.94. The first-order chi connectivity index (χ1) is 31.0. The first-order valence-electron chi connectivity index (χ1n) is 21.9. The van der Waals surface area contributed by atoms with Gasteiger partial charge in [0.2, 0.25) is 0 Å². The number of nitrogens with zero attached hydrogens (tertiary/aromatic N) is 4. The first kappa shape index (κ1) is 43.7.